The molecule has 3 aromatic rings. The van der Waals surface area contributed by atoms with E-state index in [0.29, 0.717) is 29.2 Å². The number of nitrogens with one attached hydrogen (secondary N) is 2. The van der Waals surface area contributed by atoms with E-state index in [2.05, 4.69) is 49.5 Å². The lowest BCUT2D eigenvalue weighted by atomic mass is 10.1. The predicted octanol–water partition coefficient (Wildman–Crippen LogP) is 3.72. The molecule has 0 amide bonds. The zero-order valence-corrected chi connectivity index (χ0v) is 19.2. The van der Waals surface area contributed by atoms with Crippen LogP contribution in [0.4, 0.5) is 17.2 Å². The van der Waals surface area contributed by atoms with Crippen molar-refractivity contribution in [3.8, 4) is 17.1 Å². The van der Waals surface area contributed by atoms with Crippen molar-refractivity contribution in [1.29, 1.82) is 0 Å². The van der Waals surface area contributed by atoms with Gasteiger partial charge < -0.3 is 20.6 Å². The Labute approximate surface area is 194 Å². The van der Waals surface area contributed by atoms with Crippen LogP contribution in [0.25, 0.3) is 11.4 Å². The minimum Gasteiger partial charge on any atom is -0.506 e. The van der Waals surface area contributed by atoms with Gasteiger partial charge in [0.2, 0.25) is 0 Å². The maximum Gasteiger partial charge on any atom is 0.151 e. The molecule has 0 spiro atoms. The molecule has 1 aliphatic heterocycles. The summed E-state index contributed by atoms with van der Waals surface area (Å²) in [7, 11) is 0. The van der Waals surface area contributed by atoms with E-state index in [1.54, 1.807) is 18.5 Å². The molecule has 31 heavy (non-hydrogen) atoms. The van der Waals surface area contributed by atoms with Crippen molar-refractivity contribution in [2.24, 2.45) is 0 Å². The fourth-order valence-electron chi connectivity index (χ4n) is 3.56. The van der Waals surface area contributed by atoms with Gasteiger partial charge in [-0.05, 0) is 45.0 Å². The molecule has 0 saturated carbocycles. The molecule has 1 fully saturated rings. The number of aromatic hydroxyl groups is 1. The summed E-state index contributed by atoms with van der Waals surface area (Å²) in [6.07, 6.45) is 3.40. The maximum absolute atomic E-state index is 10.4. The molecule has 0 aromatic carbocycles. The van der Waals surface area contributed by atoms with Crippen LogP contribution in [0.3, 0.4) is 0 Å². The molecule has 4 heterocycles. The highest BCUT2D eigenvalue weighted by molar-refractivity contribution is 5.85. The molecule has 3 aromatic heterocycles. The lowest BCUT2D eigenvalue weighted by molar-refractivity contribution is 0.404. The number of piperazine rings is 1. The van der Waals surface area contributed by atoms with E-state index in [4.69, 9.17) is 0 Å². The normalized spacial score (nSPS) is 18.0. The van der Waals surface area contributed by atoms with E-state index in [1.165, 1.54) is 0 Å². The summed E-state index contributed by atoms with van der Waals surface area (Å²) in [6, 6.07) is 10.0. The van der Waals surface area contributed by atoms with Crippen LogP contribution in [0.15, 0.2) is 42.7 Å². The zero-order valence-electron chi connectivity index (χ0n) is 17.6. The Kier molecular flexibility index (Phi) is 8.38. The number of aromatic nitrogens is 4. The first-order valence-electron chi connectivity index (χ1n) is 9.72. The number of rotatable bonds is 4. The van der Waals surface area contributed by atoms with E-state index in [9.17, 15) is 5.11 Å². The van der Waals surface area contributed by atoms with Crippen molar-refractivity contribution in [3.63, 3.8) is 0 Å². The quantitative estimate of drug-likeness (QED) is 0.538. The molecular weight excluding hydrogens is 437 g/mol. The first-order valence-corrected chi connectivity index (χ1v) is 9.72. The molecular formula is C21H27Cl2N7O. The molecule has 2 atom stereocenters. The van der Waals surface area contributed by atoms with Crippen LogP contribution < -0.4 is 15.5 Å². The van der Waals surface area contributed by atoms with Gasteiger partial charge in [0.05, 0.1) is 23.8 Å². The Bertz CT molecular complexity index is 976. The molecule has 8 nitrogen and oxygen atoms in total. The van der Waals surface area contributed by atoms with E-state index in [0.717, 1.165) is 30.3 Å². The van der Waals surface area contributed by atoms with Gasteiger partial charge in [-0.15, -0.1) is 35.0 Å². The monoisotopic (exact) mass is 463 g/mol. The maximum atomic E-state index is 10.4. The predicted molar refractivity (Wildman–Crippen MR) is 128 cm³/mol. The van der Waals surface area contributed by atoms with Gasteiger partial charge in [-0.25, -0.2) is 4.98 Å². The second-order valence-corrected chi connectivity index (χ2v) is 7.56. The minimum absolute atomic E-state index is 0. The van der Waals surface area contributed by atoms with Crippen LogP contribution in [-0.4, -0.2) is 50.4 Å². The molecule has 0 aliphatic carbocycles. The Morgan fingerprint density at radius 2 is 1.68 bits per heavy atom. The molecule has 4 rings (SSSR count). The number of aryl methyl sites for hydroxylation is 1. The Balaban J connectivity index is 0.00000171. The molecule has 3 N–H and O–H groups in total. The lowest BCUT2D eigenvalue weighted by Crippen LogP contribution is -2.54. The van der Waals surface area contributed by atoms with Gasteiger partial charge in [0, 0.05) is 36.9 Å². The summed E-state index contributed by atoms with van der Waals surface area (Å²) in [5.74, 6) is 0.875. The molecule has 0 unspecified atom stereocenters. The summed E-state index contributed by atoms with van der Waals surface area (Å²) >= 11 is 0. The van der Waals surface area contributed by atoms with Crippen molar-refractivity contribution in [1.82, 2.24) is 25.5 Å². The van der Waals surface area contributed by atoms with Crippen molar-refractivity contribution < 1.29 is 5.11 Å². The summed E-state index contributed by atoms with van der Waals surface area (Å²) in [5.41, 5.74) is 3.38. The van der Waals surface area contributed by atoms with Crippen molar-refractivity contribution in [2.45, 2.75) is 32.9 Å². The number of hydrogen-bond donors (Lipinski definition) is 3. The Hall–Kier alpha value is -2.68. The van der Waals surface area contributed by atoms with E-state index in [1.807, 2.05) is 31.2 Å². The van der Waals surface area contributed by atoms with Crippen molar-refractivity contribution >= 4 is 42.0 Å². The highest BCUT2D eigenvalue weighted by Gasteiger charge is 2.22. The van der Waals surface area contributed by atoms with Crippen LogP contribution in [0.1, 0.15) is 19.5 Å². The fourth-order valence-corrected chi connectivity index (χ4v) is 3.56. The van der Waals surface area contributed by atoms with Gasteiger partial charge in [0.25, 0.3) is 0 Å². The first kappa shape index (κ1) is 24.6. The first-order chi connectivity index (χ1) is 14.0. The third-order valence-electron chi connectivity index (χ3n) is 4.84. The summed E-state index contributed by atoms with van der Waals surface area (Å²) in [5, 5.41) is 25.8. The molecule has 1 aliphatic rings. The molecule has 1 saturated heterocycles. The summed E-state index contributed by atoms with van der Waals surface area (Å²) in [4.78, 5) is 10.8. The number of halogens is 2. The SMILES string of the molecule is Cc1ccc(Nc2cnc(-c3ccc(N4C[C@@H](C)N[C@H](C)C4)nn3)c(O)c2)cn1.Cl.Cl. The third kappa shape index (κ3) is 5.94. The van der Waals surface area contributed by atoms with Crippen LogP contribution in [0.2, 0.25) is 0 Å². The number of hydrogen-bond acceptors (Lipinski definition) is 8. The number of pyridine rings is 2. The average molecular weight is 464 g/mol. The molecule has 0 radical (unpaired) electrons. The molecule has 166 valence electrons. The average Bonchev–Trinajstić information content (AvgIpc) is 2.69. The van der Waals surface area contributed by atoms with Crippen molar-refractivity contribution in [3.05, 3.63) is 48.4 Å². The summed E-state index contributed by atoms with van der Waals surface area (Å²) < 4.78 is 0. The number of nitrogens with zero attached hydrogens (tertiary/aromatic N) is 5. The molecule has 0 bridgehead atoms. The second kappa shape index (κ2) is 10.6. The van der Waals surface area contributed by atoms with Crippen molar-refractivity contribution in [2.75, 3.05) is 23.3 Å². The fraction of sp³-hybridized carbons (Fsp3) is 0.333. The van der Waals surface area contributed by atoms with Gasteiger partial charge in [0.1, 0.15) is 17.1 Å². The van der Waals surface area contributed by atoms with E-state index < -0.39 is 0 Å². The van der Waals surface area contributed by atoms with E-state index in [-0.39, 0.29) is 30.6 Å². The van der Waals surface area contributed by atoms with Crippen LogP contribution >= 0.6 is 24.8 Å². The van der Waals surface area contributed by atoms with Gasteiger partial charge >= 0.3 is 0 Å². The standard InChI is InChI=1S/C21H25N7O.2ClH/c1-13-4-5-16(9-22-13)25-17-8-19(29)21(23-10-17)18-6-7-20(27-26-18)28-11-14(2)24-15(3)12-28;;/h4-10,14-15,24-25,29H,11-12H2,1-3H3;2*1H/t14-,15-;;/m1../s1. The Morgan fingerprint density at radius 3 is 2.26 bits per heavy atom. The topological polar surface area (TPSA) is 99.1 Å². The zero-order chi connectivity index (χ0) is 20.4. The van der Waals surface area contributed by atoms with Gasteiger partial charge in [-0.2, -0.15) is 0 Å². The lowest BCUT2D eigenvalue weighted by Gasteiger charge is -2.36. The van der Waals surface area contributed by atoms with Gasteiger partial charge in [-0.3, -0.25) is 4.98 Å². The van der Waals surface area contributed by atoms with Crippen LogP contribution in [0.5, 0.6) is 5.75 Å². The second-order valence-electron chi connectivity index (χ2n) is 7.56. The Morgan fingerprint density at radius 1 is 0.968 bits per heavy atom. The van der Waals surface area contributed by atoms with Gasteiger partial charge in [-0.1, -0.05) is 0 Å². The third-order valence-corrected chi connectivity index (χ3v) is 4.84. The highest BCUT2D eigenvalue weighted by atomic mass is 35.5. The highest BCUT2D eigenvalue weighted by Crippen LogP contribution is 2.29. The minimum atomic E-state index is 0. The van der Waals surface area contributed by atoms with E-state index >= 15 is 0 Å². The molecule has 10 heteroatoms. The largest absolute Gasteiger partial charge is 0.506 e. The van der Waals surface area contributed by atoms with Crippen LogP contribution in [0, 0.1) is 6.92 Å². The summed E-state index contributed by atoms with van der Waals surface area (Å²) in [6.45, 7) is 8.02. The van der Waals surface area contributed by atoms with Gasteiger partial charge in [0.15, 0.2) is 5.82 Å². The smallest absolute Gasteiger partial charge is 0.151 e. The van der Waals surface area contributed by atoms with Crippen LogP contribution in [-0.2, 0) is 0 Å². The number of anilines is 3.